The predicted octanol–water partition coefficient (Wildman–Crippen LogP) is 0.183. The highest BCUT2D eigenvalue weighted by Gasteiger charge is 2.04. The van der Waals surface area contributed by atoms with Crippen LogP contribution in [0.2, 0.25) is 0 Å². The molecule has 1 aromatic rings. The minimum Gasteiger partial charge on any atom is -0.450 e. The van der Waals surface area contributed by atoms with Gasteiger partial charge in [-0.2, -0.15) is 0 Å². The van der Waals surface area contributed by atoms with E-state index >= 15 is 0 Å². The second-order valence-corrected chi connectivity index (χ2v) is 2.73. The van der Waals surface area contributed by atoms with E-state index in [1.165, 1.54) is 19.2 Å². The first kappa shape index (κ1) is 11.2. The topological polar surface area (TPSA) is 38.7 Å². The van der Waals surface area contributed by atoms with Crippen LogP contribution in [0.5, 0.6) is 0 Å². The van der Waals surface area contributed by atoms with Crippen LogP contribution in [0, 0.1) is 5.82 Å². The molecule has 1 aromatic carbocycles. The van der Waals surface area contributed by atoms with Crippen LogP contribution in [0.15, 0.2) is 18.2 Å². The summed E-state index contributed by atoms with van der Waals surface area (Å²) in [5.74, 6) is -0.388. The minimum atomic E-state index is -0.388. The fraction of sp³-hybridized carbons (Fsp3) is 0.333. The molecule has 75 valence electrons. The highest BCUT2D eigenvalue weighted by atomic mass is 19.1. The number of benzene rings is 1. The maximum absolute atomic E-state index is 12.7. The fourth-order valence-corrected chi connectivity index (χ4v) is 1.05. The summed E-state index contributed by atoms with van der Waals surface area (Å²) in [6.07, 6.45) is 0. The molecule has 0 fully saturated rings. The molecule has 1 N–H and O–H groups in total. The Morgan fingerprint density at radius 3 is 2.93 bits per heavy atom. The van der Waals surface area contributed by atoms with E-state index in [1.54, 1.807) is 6.07 Å². The van der Waals surface area contributed by atoms with Gasteiger partial charge in [-0.3, -0.25) is 0 Å². The molecule has 0 aliphatic carbocycles. The van der Waals surface area contributed by atoms with Crippen molar-refractivity contribution in [2.45, 2.75) is 6.61 Å². The van der Waals surface area contributed by atoms with Gasteiger partial charge in [0.1, 0.15) is 12.6 Å². The maximum atomic E-state index is 12.7. The minimum absolute atomic E-state index is 0.169. The summed E-state index contributed by atoms with van der Waals surface area (Å²) in [5, 5.41) is 8.82. The van der Waals surface area contributed by atoms with Crippen LogP contribution >= 0.6 is 0 Å². The summed E-state index contributed by atoms with van der Waals surface area (Å²) in [6, 6.07) is 4.12. The zero-order chi connectivity index (χ0) is 10.4. The maximum Gasteiger partial charge on any atom is 0.327 e. The van der Waals surface area contributed by atoms with Gasteiger partial charge in [0.2, 0.25) is 0 Å². The van der Waals surface area contributed by atoms with Gasteiger partial charge in [0.05, 0.1) is 6.61 Å². The molecular formula is C9H11BFO3. The number of hydrogen-bond acceptors (Lipinski definition) is 3. The standard InChI is InChI=1S/C9H11BFO3/c1-13-6-14-5-7-2-3-8(11)4-9(7)10-12/h2-4,12H,5-6H2,1H3. The number of halogens is 1. The lowest BCUT2D eigenvalue weighted by Crippen LogP contribution is -2.20. The van der Waals surface area contributed by atoms with Crippen molar-refractivity contribution in [3.05, 3.63) is 29.6 Å². The van der Waals surface area contributed by atoms with Crippen LogP contribution in [0.1, 0.15) is 5.56 Å². The van der Waals surface area contributed by atoms with Crippen molar-refractivity contribution in [3.63, 3.8) is 0 Å². The Kier molecular flexibility index (Phi) is 4.59. The first-order valence-electron chi connectivity index (χ1n) is 4.10. The normalized spacial score (nSPS) is 10.2. The number of hydrogen-bond donors (Lipinski definition) is 1. The largest absolute Gasteiger partial charge is 0.450 e. The van der Waals surface area contributed by atoms with Crippen LogP contribution in [0.3, 0.4) is 0 Å². The van der Waals surface area contributed by atoms with Gasteiger partial charge in [0.25, 0.3) is 0 Å². The number of rotatable bonds is 5. The van der Waals surface area contributed by atoms with E-state index in [2.05, 4.69) is 0 Å². The molecular weight excluding hydrogens is 186 g/mol. The number of methoxy groups -OCH3 is 1. The van der Waals surface area contributed by atoms with Crippen LogP contribution < -0.4 is 5.46 Å². The van der Waals surface area contributed by atoms with Gasteiger partial charge >= 0.3 is 7.48 Å². The Morgan fingerprint density at radius 2 is 2.29 bits per heavy atom. The molecule has 5 heteroatoms. The van der Waals surface area contributed by atoms with Crippen LogP contribution in [0.4, 0.5) is 4.39 Å². The average molecular weight is 197 g/mol. The molecule has 0 unspecified atom stereocenters. The van der Waals surface area contributed by atoms with Crippen molar-refractivity contribution in [1.82, 2.24) is 0 Å². The van der Waals surface area contributed by atoms with Crippen molar-refractivity contribution in [1.29, 1.82) is 0 Å². The van der Waals surface area contributed by atoms with Crippen LogP contribution in [-0.4, -0.2) is 26.4 Å². The van der Waals surface area contributed by atoms with Gasteiger partial charge in [-0.05, 0) is 23.2 Å². The third kappa shape index (κ3) is 3.10. The Bertz CT molecular complexity index is 293. The molecule has 0 aromatic heterocycles. The van der Waals surface area contributed by atoms with E-state index < -0.39 is 0 Å². The Morgan fingerprint density at radius 1 is 1.50 bits per heavy atom. The first-order valence-corrected chi connectivity index (χ1v) is 4.10. The average Bonchev–Trinajstić information content (AvgIpc) is 2.20. The van der Waals surface area contributed by atoms with Gasteiger partial charge in [-0.1, -0.05) is 6.07 Å². The van der Waals surface area contributed by atoms with Crippen molar-refractivity contribution in [2.24, 2.45) is 0 Å². The Hall–Kier alpha value is -0.905. The lowest BCUT2D eigenvalue weighted by Gasteiger charge is -2.07. The van der Waals surface area contributed by atoms with Crippen molar-refractivity contribution >= 4 is 12.9 Å². The summed E-state index contributed by atoms with van der Waals surface area (Å²) in [6.45, 7) is 0.447. The van der Waals surface area contributed by atoms with E-state index in [4.69, 9.17) is 14.5 Å². The van der Waals surface area contributed by atoms with Crippen molar-refractivity contribution < 1.29 is 18.9 Å². The third-order valence-electron chi connectivity index (χ3n) is 1.71. The smallest absolute Gasteiger partial charge is 0.327 e. The predicted molar refractivity (Wildman–Crippen MR) is 50.7 cm³/mol. The summed E-state index contributed by atoms with van der Waals surface area (Å²) in [7, 11) is 2.37. The third-order valence-corrected chi connectivity index (χ3v) is 1.71. The summed E-state index contributed by atoms with van der Waals surface area (Å²) < 4.78 is 22.5. The monoisotopic (exact) mass is 197 g/mol. The fourth-order valence-electron chi connectivity index (χ4n) is 1.05. The van der Waals surface area contributed by atoms with Crippen molar-refractivity contribution in [3.8, 4) is 0 Å². The first-order chi connectivity index (χ1) is 6.77. The summed E-state index contributed by atoms with van der Waals surface area (Å²) >= 11 is 0. The molecule has 14 heavy (non-hydrogen) atoms. The lowest BCUT2D eigenvalue weighted by molar-refractivity contribution is -0.0388. The molecule has 3 nitrogen and oxygen atoms in total. The Labute approximate surface area is 82.7 Å². The molecule has 0 heterocycles. The van der Waals surface area contributed by atoms with E-state index in [0.29, 0.717) is 11.0 Å². The van der Waals surface area contributed by atoms with Crippen LogP contribution in [0.25, 0.3) is 0 Å². The van der Waals surface area contributed by atoms with E-state index in [9.17, 15) is 4.39 Å². The molecule has 0 saturated carbocycles. The van der Waals surface area contributed by atoms with Gasteiger partial charge in [0, 0.05) is 7.11 Å². The Balaban J connectivity index is 2.65. The van der Waals surface area contributed by atoms with E-state index in [1.807, 2.05) is 0 Å². The van der Waals surface area contributed by atoms with Gasteiger partial charge in [-0.15, -0.1) is 0 Å². The van der Waals surface area contributed by atoms with E-state index in [0.717, 1.165) is 7.48 Å². The molecule has 0 aliphatic heterocycles. The van der Waals surface area contributed by atoms with Gasteiger partial charge in [0.15, 0.2) is 0 Å². The summed E-state index contributed by atoms with van der Waals surface area (Å²) in [4.78, 5) is 0. The molecule has 1 radical (unpaired) electrons. The molecule has 1 rings (SSSR count). The second kappa shape index (κ2) is 5.75. The molecule has 0 amide bonds. The van der Waals surface area contributed by atoms with Crippen LogP contribution in [-0.2, 0) is 16.1 Å². The van der Waals surface area contributed by atoms with Crippen molar-refractivity contribution in [2.75, 3.05) is 13.9 Å². The molecule has 0 aliphatic rings. The number of ether oxygens (including phenoxy) is 2. The highest BCUT2D eigenvalue weighted by Crippen LogP contribution is 2.01. The zero-order valence-corrected chi connectivity index (χ0v) is 7.87. The zero-order valence-electron chi connectivity index (χ0n) is 7.87. The molecule has 0 spiro atoms. The quantitative estimate of drug-likeness (QED) is 0.415. The molecule has 0 saturated heterocycles. The highest BCUT2D eigenvalue weighted by molar-refractivity contribution is 6.46. The van der Waals surface area contributed by atoms with E-state index in [-0.39, 0.29) is 19.2 Å². The molecule has 0 atom stereocenters. The summed E-state index contributed by atoms with van der Waals surface area (Å²) in [5.41, 5.74) is 1.13. The molecule has 0 bridgehead atoms. The SMILES string of the molecule is COCOCc1ccc(F)cc1[B]O. The lowest BCUT2D eigenvalue weighted by atomic mass is 9.84. The van der Waals surface area contributed by atoms with Gasteiger partial charge in [-0.25, -0.2) is 4.39 Å². The van der Waals surface area contributed by atoms with Gasteiger partial charge < -0.3 is 14.5 Å². The second-order valence-electron chi connectivity index (χ2n) is 2.73.